The molecule has 2 fully saturated rings. The van der Waals surface area contributed by atoms with Crippen molar-refractivity contribution in [1.29, 1.82) is 0 Å². The van der Waals surface area contributed by atoms with Crippen LogP contribution in [0.1, 0.15) is 117 Å². The number of carboxylic acid groups (broad SMARTS) is 1. The monoisotopic (exact) mass is 852 g/mol. The zero-order valence-electron chi connectivity index (χ0n) is 36.9. The van der Waals surface area contributed by atoms with Gasteiger partial charge in [-0.2, -0.15) is 0 Å². The lowest BCUT2D eigenvalue weighted by molar-refractivity contribution is -0.145. The van der Waals surface area contributed by atoms with Crippen molar-refractivity contribution < 1.29 is 38.5 Å². The Hall–Kier alpha value is -4.63. The van der Waals surface area contributed by atoms with Crippen LogP contribution in [0.5, 0.6) is 11.5 Å². The van der Waals surface area contributed by atoms with E-state index in [-0.39, 0.29) is 17.9 Å². The molecule has 0 bridgehead atoms. The number of alkyl carbamates (subject to hydrolysis) is 1. The summed E-state index contributed by atoms with van der Waals surface area (Å²) in [5.41, 5.74) is 3.26. The molecule has 15 heteroatoms. The Morgan fingerprint density at radius 1 is 1.05 bits per heavy atom. The van der Waals surface area contributed by atoms with Crippen LogP contribution in [0.15, 0.2) is 40.8 Å². The number of aliphatic imine (C=N–C) groups is 1. The largest absolute Gasteiger partial charge is 0.496 e. The minimum atomic E-state index is -1.10. The second-order valence-electron chi connectivity index (χ2n) is 15.3. The topological polar surface area (TPSA) is 181 Å². The molecule has 3 aliphatic rings. The van der Waals surface area contributed by atoms with Crippen LogP contribution in [0.4, 0.5) is 4.79 Å². The normalized spacial score (nSPS) is 22.1. The molecule has 2 aliphatic heterocycles. The number of carbonyl (C=O) groups is 4. The highest BCUT2D eigenvalue weighted by atomic mass is 32.2. The Balaban J connectivity index is 0.000000319. The number of allylic oxidation sites excluding steroid dienone is 1. The summed E-state index contributed by atoms with van der Waals surface area (Å²) in [6.45, 7) is 16.1. The predicted molar refractivity (Wildman–Crippen MR) is 241 cm³/mol. The fourth-order valence-electron chi connectivity index (χ4n) is 7.39. The number of hydrogen-bond acceptors (Lipinski definition) is 11. The third-order valence-electron chi connectivity index (χ3n) is 10.7. The maximum atomic E-state index is 13.4. The number of fused-ring (bicyclic) bond motifs is 2. The van der Waals surface area contributed by atoms with Crippen molar-refractivity contribution in [3.05, 3.63) is 47.0 Å². The Morgan fingerprint density at radius 3 is 2.40 bits per heavy atom. The van der Waals surface area contributed by atoms with Crippen LogP contribution in [-0.4, -0.2) is 102 Å². The lowest BCUT2D eigenvalue weighted by Gasteiger charge is -2.30. The van der Waals surface area contributed by atoms with Crippen molar-refractivity contribution in [3.8, 4) is 11.5 Å². The Morgan fingerprint density at radius 2 is 1.75 bits per heavy atom. The number of carbonyl (C=O) groups excluding carboxylic acids is 3. The third-order valence-corrected chi connectivity index (χ3v) is 11.4. The summed E-state index contributed by atoms with van der Waals surface area (Å²) in [7, 11) is 3.31. The van der Waals surface area contributed by atoms with E-state index >= 15 is 0 Å². The summed E-state index contributed by atoms with van der Waals surface area (Å²) >= 11 is 1.63. The Bertz CT molecular complexity index is 1800. The number of aromatic nitrogens is 1. The summed E-state index contributed by atoms with van der Waals surface area (Å²) in [6.07, 6.45) is 11.8. The molecular weight excluding hydrogens is 785 g/mol. The average molecular weight is 853 g/mol. The highest BCUT2D eigenvalue weighted by Crippen LogP contribution is 2.34. The molecular formula is C45H68N6O8S. The van der Waals surface area contributed by atoms with E-state index in [2.05, 4.69) is 41.5 Å². The average Bonchev–Trinajstić information content (AvgIpc) is 3.95. The van der Waals surface area contributed by atoms with Crippen LogP contribution in [-0.2, 0) is 19.1 Å². The summed E-state index contributed by atoms with van der Waals surface area (Å²) in [5, 5.41) is 21.3. The number of amides is 3. The quantitative estimate of drug-likeness (QED) is 0.0744. The van der Waals surface area contributed by atoms with E-state index in [4.69, 9.17) is 19.2 Å². The van der Waals surface area contributed by atoms with Gasteiger partial charge in [0.25, 0.3) is 0 Å². The summed E-state index contributed by atoms with van der Waals surface area (Å²) < 4.78 is 16.5. The van der Waals surface area contributed by atoms with E-state index < -0.39 is 36.1 Å². The molecule has 60 heavy (non-hydrogen) atoms. The van der Waals surface area contributed by atoms with Crippen LogP contribution in [0.3, 0.4) is 0 Å². The number of aliphatic carboxylic acids is 1. The zero-order valence-corrected chi connectivity index (χ0v) is 37.7. The standard InChI is InChI=1S/C24H37N3O6.C19H25N3O2S.C2H6/c1-16-10-5-3-2-4-6-13-18(25-24(32)33-17-11-7-8-12-17)22(29)27-15-9-14-19(27)21(28)26-20(16)23(30)31;1-12(2)21-11-25-10-16(20-4)15-9-18(24-6)14-7-8-17(23-5)13(3)19(14)22-15;1-2/h5,10,16-20H,2-4,6-9,11-15H2,1H3,(H,25,32)(H,26,28)(H,30,31);7-10,12,21H,4,11H2,1-3,5-6H3;1-2H3/b10-5-;16-10-;/t16?,18-,19?,20?;;/m0../s1. The maximum absolute atomic E-state index is 13.4. The molecule has 2 aromatic rings. The van der Waals surface area contributed by atoms with Crippen molar-refractivity contribution in [3.63, 3.8) is 0 Å². The van der Waals surface area contributed by atoms with Crippen molar-refractivity contribution >= 4 is 59.0 Å². The van der Waals surface area contributed by atoms with E-state index in [1.807, 2.05) is 56.5 Å². The minimum Gasteiger partial charge on any atom is -0.496 e. The smallest absolute Gasteiger partial charge is 0.408 e. The predicted octanol–water partition coefficient (Wildman–Crippen LogP) is 8.01. The number of ether oxygens (including phenoxy) is 3. The number of carboxylic acids is 1. The van der Waals surface area contributed by atoms with Crippen molar-refractivity contribution in [2.24, 2.45) is 10.9 Å². The van der Waals surface area contributed by atoms with Gasteiger partial charge in [0.2, 0.25) is 11.8 Å². The molecule has 1 saturated carbocycles. The van der Waals surface area contributed by atoms with Gasteiger partial charge in [0, 0.05) is 46.8 Å². The molecule has 3 amide bonds. The highest BCUT2D eigenvalue weighted by Gasteiger charge is 2.39. The first-order chi connectivity index (χ1) is 28.9. The Kier molecular flexibility index (Phi) is 21.4. The maximum Gasteiger partial charge on any atom is 0.408 e. The summed E-state index contributed by atoms with van der Waals surface area (Å²) in [4.78, 5) is 61.1. The van der Waals surface area contributed by atoms with Gasteiger partial charge in [0.1, 0.15) is 35.7 Å². The van der Waals surface area contributed by atoms with Crippen molar-refractivity contribution in [1.82, 2.24) is 25.8 Å². The summed E-state index contributed by atoms with van der Waals surface area (Å²) in [6, 6.07) is 3.66. The lowest BCUT2D eigenvalue weighted by atomic mass is 10.00. The number of pyridine rings is 1. The molecule has 1 saturated heterocycles. The van der Waals surface area contributed by atoms with E-state index in [9.17, 15) is 24.3 Å². The molecule has 332 valence electrons. The molecule has 4 N–H and O–H groups in total. The highest BCUT2D eigenvalue weighted by molar-refractivity contribution is 8.02. The molecule has 3 unspecified atom stereocenters. The molecule has 0 radical (unpaired) electrons. The number of nitrogens with zero attached hydrogens (tertiary/aromatic N) is 3. The van der Waals surface area contributed by atoms with Crippen LogP contribution in [0.2, 0.25) is 0 Å². The molecule has 1 aliphatic carbocycles. The van der Waals surface area contributed by atoms with Crippen LogP contribution in [0.25, 0.3) is 16.6 Å². The molecule has 5 rings (SSSR count). The molecule has 4 atom stereocenters. The minimum absolute atomic E-state index is 0.102. The number of rotatable bonds is 11. The van der Waals surface area contributed by atoms with Gasteiger partial charge in [-0.25, -0.2) is 14.6 Å². The van der Waals surface area contributed by atoms with Gasteiger partial charge in [0.15, 0.2) is 0 Å². The lowest BCUT2D eigenvalue weighted by Crippen LogP contribution is -2.56. The number of aryl methyl sites for hydroxylation is 1. The number of benzene rings is 1. The number of hydrogen-bond donors (Lipinski definition) is 4. The fourth-order valence-corrected chi connectivity index (χ4v) is 8.25. The second kappa shape index (κ2) is 25.9. The molecule has 3 heterocycles. The second-order valence-corrected chi connectivity index (χ2v) is 16.1. The first kappa shape index (κ1) is 49.7. The van der Waals surface area contributed by atoms with Gasteiger partial charge in [-0.05, 0) is 83.6 Å². The Labute approximate surface area is 360 Å². The first-order valence-corrected chi connectivity index (χ1v) is 22.4. The molecule has 0 spiro atoms. The van der Waals surface area contributed by atoms with Gasteiger partial charge in [0.05, 0.1) is 31.1 Å². The van der Waals surface area contributed by atoms with Crippen molar-refractivity contribution in [2.75, 3.05) is 26.6 Å². The first-order valence-electron chi connectivity index (χ1n) is 21.4. The van der Waals surface area contributed by atoms with E-state index in [1.165, 1.54) is 4.90 Å². The van der Waals surface area contributed by atoms with E-state index in [0.29, 0.717) is 31.8 Å². The number of nitrogens with one attached hydrogen (secondary N) is 3. The number of methoxy groups -OCH3 is 2. The number of thioether (sulfide) groups is 1. The van der Waals surface area contributed by atoms with Crippen LogP contribution in [0, 0.1) is 12.8 Å². The van der Waals surface area contributed by atoms with Gasteiger partial charge >= 0.3 is 12.1 Å². The SMILES string of the molecule is C=N/C(=C\SCNC(C)C)c1cc(OC)c2ccc(OC)c(C)c2n1.CC.CC1/C=C\CCCCC[C@H](NC(=O)OC2CCCC2)C(=O)N2CCCC2C(=O)NC1C(=O)O. The van der Waals surface area contributed by atoms with Crippen LogP contribution < -0.4 is 25.4 Å². The van der Waals surface area contributed by atoms with E-state index in [1.54, 1.807) is 32.9 Å². The van der Waals surface area contributed by atoms with Gasteiger partial charge in [-0.3, -0.25) is 14.6 Å². The molecule has 1 aromatic carbocycles. The van der Waals surface area contributed by atoms with Gasteiger partial charge < -0.3 is 40.2 Å². The van der Waals surface area contributed by atoms with Crippen molar-refractivity contribution in [2.45, 2.75) is 142 Å². The van der Waals surface area contributed by atoms with Gasteiger partial charge in [-0.1, -0.05) is 59.6 Å². The molecule has 14 nitrogen and oxygen atoms in total. The van der Waals surface area contributed by atoms with Crippen LogP contribution >= 0.6 is 11.8 Å². The molecule has 1 aromatic heterocycles. The summed E-state index contributed by atoms with van der Waals surface area (Å²) in [5.74, 6) is 0.114. The van der Waals surface area contributed by atoms with E-state index in [0.717, 1.165) is 96.6 Å². The zero-order chi connectivity index (χ0) is 44.2. The fraction of sp³-hybridized carbons (Fsp3) is 0.600. The third kappa shape index (κ3) is 14.5. The van der Waals surface area contributed by atoms with Gasteiger partial charge in [-0.15, -0.1) is 11.8 Å².